The molecule has 1 aliphatic carbocycles. The summed E-state index contributed by atoms with van der Waals surface area (Å²) in [6, 6.07) is 13.9. The molecule has 1 aliphatic rings. The lowest BCUT2D eigenvalue weighted by Gasteiger charge is -2.26. The molecule has 0 unspecified atom stereocenters. The zero-order valence-electron chi connectivity index (χ0n) is 16.0. The first-order valence-electron chi connectivity index (χ1n) is 9.96. The van der Waals surface area contributed by atoms with Crippen LogP contribution >= 0.6 is 0 Å². The van der Waals surface area contributed by atoms with E-state index in [1.807, 2.05) is 54.9 Å². The number of rotatable bonds is 4. The van der Waals surface area contributed by atoms with Crippen LogP contribution in [0.5, 0.6) is 5.75 Å². The summed E-state index contributed by atoms with van der Waals surface area (Å²) in [4.78, 5) is 13.4. The van der Waals surface area contributed by atoms with Crippen LogP contribution in [-0.4, -0.2) is 32.3 Å². The summed E-state index contributed by atoms with van der Waals surface area (Å²) in [6.45, 7) is 0. The van der Waals surface area contributed by atoms with Crippen LogP contribution in [0.3, 0.4) is 0 Å². The van der Waals surface area contributed by atoms with Crippen LogP contribution in [0.1, 0.15) is 25.7 Å². The molecule has 0 aliphatic heterocycles. The Hall–Kier alpha value is -3.25. The highest BCUT2D eigenvalue weighted by atomic mass is 16.5. The first kappa shape index (κ1) is 17.8. The van der Waals surface area contributed by atoms with Gasteiger partial charge < -0.3 is 15.2 Å². The van der Waals surface area contributed by atoms with Gasteiger partial charge in [0, 0.05) is 40.4 Å². The SMILES string of the molecule is OC1CCC(Oc2cccc3cnc(Nc4cccc5cnccc45)nc23)CC1. The van der Waals surface area contributed by atoms with Gasteiger partial charge in [0.2, 0.25) is 5.95 Å². The largest absolute Gasteiger partial charge is 0.488 e. The highest BCUT2D eigenvalue weighted by Crippen LogP contribution is 2.30. The van der Waals surface area contributed by atoms with Gasteiger partial charge in [-0.05, 0) is 43.9 Å². The second-order valence-electron chi connectivity index (χ2n) is 7.46. The van der Waals surface area contributed by atoms with Crippen LogP contribution in [0, 0.1) is 0 Å². The van der Waals surface area contributed by atoms with Crippen molar-refractivity contribution in [3.05, 3.63) is 61.1 Å². The molecule has 6 heteroatoms. The Morgan fingerprint density at radius 1 is 0.931 bits per heavy atom. The number of anilines is 2. The molecule has 0 amide bonds. The maximum Gasteiger partial charge on any atom is 0.227 e. The quantitative estimate of drug-likeness (QED) is 0.533. The lowest BCUT2D eigenvalue weighted by molar-refractivity contribution is 0.0672. The van der Waals surface area contributed by atoms with Crippen LogP contribution in [0.15, 0.2) is 61.1 Å². The van der Waals surface area contributed by atoms with Crippen molar-refractivity contribution in [1.82, 2.24) is 15.0 Å². The fraction of sp³-hybridized carbons (Fsp3) is 0.261. The van der Waals surface area contributed by atoms with Crippen molar-refractivity contribution >= 4 is 33.3 Å². The minimum absolute atomic E-state index is 0.112. The molecule has 146 valence electrons. The smallest absolute Gasteiger partial charge is 0.227 e. The second kappa shape index (κ2) is 7.64. The third-order valence-corrected chi connectivity index (χ3v) is 5.44. The van der Waals surface area contributed by atoms with Gasteiger partial charge in [0.05, 0.1) is 12.2 Å². The minimum Gasteiger partial charge on any atom is -0.488 e. The number of ether oxygens (including phenoxy) is 1. The number of benzene rings is 2. The number of nitrogens with zero attached hydrogens (tertiary/aromatic N) is 3. The summed E-state index contributed by atoms with van der Waals surface area (Å²) in [5.41, 5.74) is 1.72. The van der Waals surface area contributed by atoms with Gasteiger partial charge in [-0.15, -0.1) is 0 Å². The number of pyridine rings is 1. The lowest BCUT2D eigenvalue weighted by atomic mass is 9.95. The van der Waals surface area contributed by atoms with E-state index in [2.05, 4.69) is 15.3 Å². The second-order valence-corrected chi connectivity index (χ2v) is 7.46. The Labute approximate surface area is 168 Å². The predicted molar refractivity (Wildman–Crippen MR) is 113 cm³/mol. The molecule has 0 spiro atoms. The molecule has 2 aromatic carbocycles. The Kier molecular flexibility index (Phi) is 4.69. The molecule has 4 aromatic rings. The lowest BCUT2D eigenvalue weighted by Crippen LogP contribution is -2.26. The van der Waals surface area contributed by atoms with E-state index < -0.39 is 0 Å². The minimum atomic E-state index is -0.198. The van der Waals surface area contributed by atoms with Gasteiger partial charge >= 0.3 is 0 Å². The molecule has 6 nitrogen and oxygen atoms in total. The summed E-state index contributed by atoms with van der Waals surface area (Å²) >= 11 is 0. The Morgan fingerprint density at radius 3 is 2.66 bits per heavy atom. The fourth-order valence-electron chi connectivity index (χ4n) is 3.88. The van der Waals surface area contributed by atoms with E-state index in [1.54, 1.807) is 6.20 Å². The number of nitrogens with one attached hydrogen (secondary N) is 1. The van der Waals surface area contributed by atoms with Gasteiger partial charge in [0.25, 0.3) is 0 Å². The van der Waals surface area contributed by atoms with Gasteiger partial charge in [-0.25, -0.2) is 9.97 Å². The molecular formula is C23H22N4O2. The standard InChI is InChI=1S/C23H22N4O2/c28-17-7-9-18(10-8-17)29-21-6-2-4-16-14-25-23(27-22(16)21)26-20-5-1-3-15-13-24-12-11-19(15)20/h1-6,11-14,17-18,28H,7-10H2,(H,25,26,27). The van der Waals surface area contributed by atoms with E-state index in [-0.39, 0.29) is 12.2 Å². The molecule has 2 N–H and O–H groups in total. The van der Waals surface area contributed by atoms with Crippen molar-refractivity contribution in [3.8, 4) is 5.75 Å². The Bertz CT molecular complexity index is 1150. The normalized spacial score (nSPS) is 19.3. The van der Waals surface area contributed by atoms with E-state index in [1.165, 1.54) is 0 Å². The van der Waals surface area contributed by atoms with Crippen LogP contribution in [-0.2, 0) is 0 Å². The average Bonchev–Trinajstić information content (AvgIpc) is 2.76. The molecule has 1 fully saturated rings. The zero-order chi connectivity index (χ0) is 19.6. The van der Waals surface area contributed by atoms with Crippen molar-refractivity contribution in [2.24, 2.45) is 0 Å². The van der Waals surface area contributed by atoms with E-state index in [4.69, 9.17) is 9.72 Å². The molecule has 2 aromatic heterocycles. The fourth-order valence-corrected chi connectivity index (χ4v) is 3.88. The Balaban J connectivity index is 1.46. The average molecular weight is 386 g/mol. The molecule has 0 radical (unpaired) electrons. The number of hydrogen-bond donors (Lipinski definition) is 2. The van der Waals surface area contributed by atoms with Gasteiger partial charge in [-0.3, -0.25) is 4.98 Å². The third kappa shape index (κ3) is 3.71. The van der Waals surface area contributed by atoms with Crippen molar-refractivity contribution < 1.29 is 9.84 Å². The van der Waals surface area contributed by atoms with Crippen LogP contribution in [0.4, 0.5) is 11.6 Å². The number of hydrogen-bond acceptors (Lipinski definition) is 6. The van der Waals surface area contributed by atoms with Gasteiger partial charge in [-0.1, -0.05) is 24.3 Å². The maximum atomic E-state index is 9.73. The summed E-state index contributed by atoms with van der Waals surface area (Å²) < 4.78 is 6.25. The zero-order valence-corrected chi connectivity index (χ0v) is 16.0. The molecule has 1 saturated carbocycles. The molecule has 0 atom stereocenters. The van der Waals surface area contributed by atoms with Crippen molar-refractivity contribution in [2.75, 3.05) is 5.32 Å². The van der Waals surface area contributed by atoms with E-state index >= 15 is 0 Å². The summed E-state index contributed by atoms with van der Waals surface area (Å²) in [5.74, 6) is 1.29. The monoisotopic (exact) mass is 386 g/mol. The summed E-state index contributed by atoms with van der Waals surface area (Å²) in [7, 11) is 0. The molecule has 0 saturated heterocycles. The van der Waals surface area contributed by atoms with Crippen molar-refractivity contribution in [2.45, 2.75) is 37.9 Å². The van der Waals surface area contributed by atoms with Gasteiger partial charge in [0.15, 0.2) is 0 Å². The van der Waals surface area contributed by atoms with E-state index in [0.29, 0.717) is 5.95 Å². The van der Waals surface area contributed by atoms with Crippen molar-refractivity contribution in [3.63, 3.8) is 0 Å². The van der Waals surface area contributed by atoms with Gasteiger partial charge in [0.1, 0.15) is 11.3 Å². The first-order chi connectivity index (χ1) is 14.3. The molecule has 29 heavy (non-hydrogen) atoms. The third-order valence-electron chi connectivity index (χ3n) is 5.44. The van der Waals surface area contributed by atoms with Crippen LogP contribution in [0.25, 0.3) is 21.7 Å². The Morgan fingerprint density at radius 2 is 1.76 bits per heavy atom. The molecular weight excluding hydrogens is 364 g/mol. The maximum absolute atomic E-state index is 9.73. The van der Waals surface area contributed by atoms with Crippen LogP contribution in [0.2, 0.25) is 0 Å². The van der Waals surface area contributed by atoms with Gasteiger partial charge in [-0.2, -0.15) is 0 Å². The molecule has 0 bridgehead atoms. The number of fused-ring (bicyclic) bond motifs is 2. The number of para-hydroxylation sites is 1. The van der Waals surface area contributed by atoms with Crippen LogP contribution < -0.4 is 10.1 Å². The molecule has 2 heterocycles. The highest BCUT2D eigenvalue weighted by molar-refractivity contribution is 5.94. The summed E-state index contributed by atoms with van der Waals surface area (Å²) in [6.07, 6.45) is 8.64. The predicted octanol–water partition coefficient (Wildman–Crippen LogP) is 4.60. The van der Waals surface area contributed by atoms with Crippen molar-refractivity contribution in [1.29, 1.82) is 0 Å². The first-order valence-corrected chi connectivity index (χ1v) is 9.96. The number of aromatic nitrogens is 3. The summed E-state index contributed by atoms with van der Waals surface area (Å²) in [5, 5.41) is 16.1. The number of aliphatic hydroxyl groups excluding tert-OH is 1. The number of aliphatic hydroxyl groups is 1. The van der Waals surface area contributed by atoms with E-state index in [0.717, 1.165) is 58.8 Å². The highest BCUT2D eigenvalue weighted by Gasteiger charge is 2.21. The molecule has 5 rings (SSSR count). The van der Waals surface area contributed by atoms with E-state index in [9.17, 15) is 5.11 Å². The topological polar surface area (TPSA) is 80.2 Å².